The summed E-state index contributed by atoms with van der Waals surface area (Å²) in [5.74, 6) is 0.387. The van der Waals surface area contributed by atoms with E-state index in [2.05, 4.69) is 0 Å². The third kappa shape index (κ3) is 3.20. The molecule has 1 N–H and O–H groups in total. The Hall–Kier alpha value is -1.09. The molecule has 3 heteroatoms. The van der Waals surface area contributed by atoms with Crippen molar-refractivity contribution in [2.24, 2.45) is 5.41 Å². The van der Waals surface area contributed by atoms with E-state index < -0.39 is 0 Å². The molecule has 0 aliphatic heterocycles. The molecule has 0 saturated heterocycles. The van der Waals surface area contributed by atoms with Gasteiger partial charge in [-0.1, -0.05) is 13.8 Å². The van der Waals surface area contributed by atoms with Gasteiger partial charge < -0.3 is 9.84 Å². The van der Waals surface area contributed by atoms with E-state index in [1.807, 2.05) is 13.8 Å². The second-order valence-corrected chi connectivity index (χ2v) is 4.46. The minimum absolute atomic E-state index is 0.0622. The van der Waals surface area contributed by atoms with E-state index in [4.69, 9.17) is 9.84 Å². The molecule has 0 aliphatic rings. The lowest BCUT2D eigenvalue weighted by molar-refractivity contribution is 0.158. The van der Waals surface area contributed by atoms with Gasteiger partial charge in [0.2, 0.25) is 0 Å². The van der Waals surface area contributed by atoms with Crippen LogP contribution in [0.5, 0.6) is 5.75 Å². The quantitative estimate of drug-likeness (QED) is 0.830. The van der Waals surface area contributed by atoms with Gasteiger partial charge in [-0.3, -0.25) is 0 Å². The van der Waals surface area contributed by atoms with Gasteiger partial charge >= 0.3 is 0 Å². The van der Waals surface area contributed by atoms with E-state index in [1.54, 1.807) is 13.2 Å². The van der Waals surface area contributed by atoms with Gasteiger partial charge in [0.15, 0.2) is 0 Å². The van der Waals surface area contributed by atoms with Gasteiger partial charge in [-0.2, -0.15) is 0 Å². The van der Waals surface area contributed by atoms with Crippen molar-refractivity contribution in [3.63, 3.8) is 0 Å². The standard InChI is InChI=1S/C12H17FO2/c1-12(2,8-14)7-9-6-10(13)4-5-11(9)15-3/h4-6,14H,7-8H2,1-3H3. The Kier molecular flexibility index (Phi) is 3.69. The van der Waals surface area contributed by atoms with Crippen LogP contribution in [0.4, 0.5) is 4.39 Å². The van der Waals surface area contributed by atoms with Crippen LogP contribution in [-0.2, 0) is 6.42 Å². The Morgan fingerprint density at radius 3 is 2.60 bits per heavy atom. The molecule has 0 radical (unpaired) electrons. The molecule has 15 heavy (non-hydrogen) atoms. The molecule has 0 saturated carbocycles. The number of ether oxygens (including phenoxy) is 1. The molecule has 0 bridgehead atoms. The van der Waals surface area contributed by atoms with Gasteiger partial charge in [0.05, 0.1) is 7.11 Å². The molecule has 0 atom stereocenters. The van der Waals surface area contributed by atoms with Crippen LogP contribution in [0.2, 0.25) is 0 Å². The van der Waals surface area contributed by atoms with E-state index in [9.17, 15) is 4.39 Å². The molecule has 0 aliphatic carbocycles. The van der Waals surface area contributed by atoms with Gasteiger partial charge in [-0.25, -0.2) is 4.39 Å². The summed E-state index contributed by atoms with van der Waals surface area (Å²) < 4.78 is 18.2. The van der Waals surface area contributed by atoms with E-state index in [-0.39, 0.29) is 17.8 Å². The highest BCUT2D eigenvalue weighted by Gasteiger charge is 2.19. The van der Waals surface area contributed by atoms with Gasteiger partial charge in [-0.05, 0) is 35.6 Å². The van der Waals surface area contributed by atoms with E-state index in [0.29, 0.717) is 12.2 Å². The Balaban J connectivity index is 2.97. The summed E-state index contributed by atoms with van der Waals surface area (Å²) in [6.07, 6.45) is 0.588. The van der Waals surface area contributed by atoms with Crippen molar-refractivity contribution in [3.8, 4) is 5.75 Å². The lowest BCUT2D eigenvalue weighted by Gasteiger charge is -2.22. The maximum atomic E-state index is 13.0. The average molecular weight is 212 g/mol. The first kappa shape index (κ1) is 12.0. The predicted octanol–water partition coefficient (Wildman–Crippen LogP) is 2.40. The average Bonchev–Trinajstić information content (AvgIpc) is 2.18. The molecule has 0 fully saturated rings. The molecule has 1 aromatic carbocycles. The van der Waals surface area contributed by atoms with Crippen molar-refractivity contribution in [2.75, 3.05) is 13.7 Å². The summed E-state index contributed by atoms with van der Waals surface area (Å²) in [4.78, 5) is 0. The second kappa shape index (κ2) is 4.62. The van der Waals surface area contributed by atoms with Crippen molar-refractivity contribution in [1.82, 2.24) is 0 Å². The molecule has 2 nitrogen and oxygen atoms in total. The van der Waals surface area contributed by atoms with Crippen LogP contribution in [0.15, 0.2) is 18.2 Å². The molecule has 1 rings (SSSR count). The number of halogens is 1. The minimum Gasteiger partial charge on any atom is -0.496 e. The molecule has 84 valence electrons. The largest absolute Gasteiger partial charge is 0.496 e. The summed E-state index contributed by atoms with van der Waals surface area (Å²) in [5, 5.41) is 9.15. The third-order valence-corrected chi connectivity index (χ3v) is 2.34. The van der Waals surface area contributed by atoms with Crippen LogP contribution in [-0.4, -0.2) is 18.8 Å². The van der Waals surface area contributed by atoms with Gasteiger partial charge in [0, 0.05) is 6.61 Å². The summed E-state index contributed by atoms with van der Waals surface area (Å²) in [5.41, 5.74) is 0.526. The monoisotopic (exact) mass is 212 g/mol. The maximum Gasteiger partial charge on any atom is 0.123 e. The number of hydrogen-bond donors (Lipinski definition) is 1. The second-order valence-electron chi connectivity index (χ2n) is 4.46. The number of aliphatic hydroxyl groups excluding tert-OH is 1. The summed E-state index contributed by atoms with van der Waals surface area (Å²) in [6.45, 7) is 3.92. The highest BCUT2D eigenvalue weighted by molar-refractivity contribution is 5.34. The zero-order valence-electron chi connectivity index (χ0n) is 9.38. The molecule has 0 aromatic heterocycles. The number of benzene rings is 1. The number of hydrogen-bond acceptors (Lipinski definition) is 2. The topological polar surface area (TPSA) is 29.5 Å². The van der Waals surface area contributed by atoms with Gasteiger partial charge in [0.1, 0.15) is 11.6 Å². The Labute approximate surface area is 89.7 Å². The Morgan fingerprint density at radius 2 is 2.07 bits per heavy atom. The Morgan fingerprint density at radius 1 is 1.40 bits per heavy atom. The number of aliphatic hydroxyl groups is 1. The van der Waals surface area contributed by atoms with Crippen LogP contribution in [0.3, 0.4) is 0 Å². The first-order valence-electron chi connectivity index (χ1n) is 4.92. The third-order valence-electron chi connectivity index (χ3n) is 2.34. The molecular weight excluding hydrogens is 195 g/mol. The zero-order chi connectivity index (χ0) is 11.5. The fraction of sp³-hybridized carbons (Fsp3) is 0.500. The van der Waals surface area contributed by atoms with Crippen molar-refractivity contribution in [3.05, 3.63) is 29.6 Å². The van der Waals surface area contributed by atoms with Crippen LogP contribution < -0.4 is 4.74 Å². The lowest BCUT2D eigenvalue weighted by Crippen LogP contribution is -2.20. The fourth-order valence-electron chi connectivity index (χ4n) is 1.46. The number of methoxy groups -OCH3 is 1. The van der Waals surface area contributed by atoms with Crippen LogP contribution in [0.25, 0.3) is 0 Å². The first-order valence-corrected chi connectivity index (χ1v) is 4.92. The van der Waals surface area contributed by atoms with E-state index >= 15 is 0 Å². The predicted molar refractivity (Wildman–Crippen MR) is 57.5 cm³/mol. The van der Waals surface area contributed by atoms with E-state index in [1.165, 1.54) is 12.1 Å². The number of rotatable bonds is 4. The van der Waals surface area contributed by atoms with Crippen molar-refractivity contribution in [2.45, 2.75) is 20.3 Å². The van der Waals surface area contributed by atoms with Crippen LogP contribution in [0.1, 0.15) is 19.4 Å². The summed E-state index contributed by atoms with van der Waals surface area (Å²) >= 11 is 0. The van der Waals surface area contributed by atoms with Crippen molar-refractivity contribution < 1.29 is 14.2 Å². The van der Waals surface area contributed by atoms with Crippen LogP contribution in [0, 0.1) is 11.2 Å². The summed E-state index contributed by atoms with van der Waals surface area (Å²) in [7, 11) is 1.56. The highest BCUT2D eigenvalue weighted by Crippen LogP contribution is 2.27. The van der Waals surface area contributed by atoms with E-state index in [0.717, 1.165) is 5.56 Å². The summed E-state index contributed by atoms with van der Waals surface area (Å²) in [6, 6.07) is 4.43. The van der Waals surface area contributed by atoms with Crippen molar-refractivity contribution >= 4 is 0 Å². The molecule has 0 spiro atoms. The first-order chi connectivity index (χ1) is 6.98. The highest BCUT2D eigenvalue weighted by atomic mass is 19.1. The molecular formula is C12H17FO2. The van der Waals surface area contributed by atoms with Gasteiger partial charge in [0.25, 0.3) is 0 Å². The van der Waals surface area contributed by atoms with Crippen molar-refractivity contribution in [1.29, 1.82) is 0 Å². The fourth-order valence-corrected chi connectivity index (χ4v) is 1.46. The van der Waals surface area contributed by atoms with Crippen LogP contribution >= 0.6 is 0 Å². The Bertz CT molecular complexity index is 334. The SMILES string of the molecule is COc1ccc(F)cc1CC(C)(C)CO. The minimum atomic E-state index is -0.278. The lowest BCUT2D eigenvalue weighted by atomic mass is 9.86. The molecule has 0 heterocycles. The normalized spacial score (nSPS) is 11.5. The maximum absolute atomic E-state index is 13.0. The smallest absolute Gasteiger partial charge is 0.123 e. The zero-order valence-corrected chi connectivity index (χ0v) is 9.38. The molecule has 0 amide bonds. The van der Waals surface area contributed by atoms with Gasteiger partial charge in [-0.15, -0.1) is 0 Å². The molecule has 1 aromatic rings. The molecule has 0 unspecified atom stereocenters.